The van der Waals surface area contributed by atoms with Crippen molar-refractivity contribution in [2.45, 2.75) is 127 Å². The second-order valence-electron chi connectivity index (χ2n) is 33.9. The third kappa shape index (κ3) is 19.3. The molecule has 8 aliphatic heterocycles. The lowest BCUT2D eigenvalue weighted by Gasteiger charge is -2.54. The highest BCUT2D eigenvalue weighted by molar-refractivity contribution is 9.10. The number of methoxy groups -OCH3 is 1. The van der Waals surface area contributed by atoms with Crippen molar-refractivity contribution in [3.8, 4) is 28.7 Å². The van der Waals surface area contributed by atoms with Gasteiger partial charge >= 0.3 is 6.18 Å². The second kappa shape index (κ2) is 38.2. The Balaban J connectivity index is 0.000000152. The first kappa shape index (κ1) is 103. The number of fused-ring (bicyclic) bond motifs is 12. The van der Waals surface area contributed by atoms with Crippen LogP contribution < -0.4 is 23.7 Å². The fourth-order valence-corrected chi connectivity index (χ4v) is 31.8. The molecule has 134 heavy (non-hydrogen) atoms. The topological polar surface area (TPSA) is 356 Å². The number of ether oxygens (including phenoxy) is 9. The molecule has 4 saturated heterocycles. The first-order chi connectivity index (χ1) is 62.4. The quantitative estimate of drug-likeness (QED) is 0.0476. The number of sulfone groups is 8. The molecule has 0 radical (unpaired) electrons. The Hall–Kier alpha value is -8.23. The number of benzene rings is 8. The summed E-state index contributed by atoms with van der Waals surface area (Å²) in [4.78, 5) is -1.28. The van der Waals surface area contributed by atoms with Gasteiger partial charge in [0, 0.05) is 79.6 Å². The summed E-state index contributed by atoms with van der Waals surface area (Å²) in [6.45, 7) is -0.515. The van der Waals surface area contributed by atoms with Gasteiger partial charge in [-0.3, -0.25) is 0 Å². The van der Waals surface area contributed by atoms with Gasteiger partial charge in [-0.05, 0) is 198 Å². The van der Waals surface area contributed by atoms with Gasteiger partial charge in [0.05, 0.1) is 128 Å². The van der Waals surface area contributed by atoms with Crippen LogP contribution in [0.4, 0.5) is 57.1 Å². The maximum Gasteiger partial charge on any atom is 0.416 e. The molecule has 12 atom stereocenters. The number of alkyl halides is 3. The van der Waals surface area contributed by atoms with Crippen molar-refractivity contribution in [1.82, 2.24) is 0 Å². The van der Waals surface area contributed by atoms with E-state index in [9.17, 15) is 107 Å². The van der Waals surface area contributed by atoms with Gasteiger partial charge in [0.15, 0.2) is 97.3 Å². The molecular formula is C87H88BrF13O25S8. The Morgan fingerprint density at radius 3 is 0.985 bits per heavy atom. The summed E-state index contributed by atoms with van der Waals surface area (Å²) in [7, 11) is -30.2. The van der Waals surface area contributed by atoms with Crippen LogP contribution in [-0.4, -0.2) is 199 Å². The Labute approximate surface area is 773 Å². The molecule has 0 bridgehead atoms. The molecule has 16 rings (SSSR count). The summed E-state index contributed by atoms with van der Waals surface area (Å²) in [6, 6.07) is 23.0. The molecule has 0 aromatic heterocycles. The zero-order valence-electron chi connectivity index (χ0n) is 71.7. The van der Waals surface area contributed by atoms with Crippen LogP contribution >= 0.6 is 15.9 Å². The largest absolute Gasteiger partial charge is 0.497 e. The Morgan fingerprint density at radius 2 is 0.649 bits per heavy atom. The van der Waals surface area contributed by atoms with Crippen molar-refractivity contribution in [3.05, 3.63) is 230 Å². The van der Waals surface area contributed by atoms with E-state index in [-0.39, 0.29) is 135 Å². The summed E-state index contributed by atoms with van der Waals surface area (Å²) < 4.78 is 436. The minimum Gasteiger partial charge on any atom is -0.497 e. The minimum atomic E-state index is -4.72. The predicted molar refractivity (Wildman–Crippen MR) is 461 cm³/mol. The molecule has 0 amide bonds. The third-order valence-electron chi connectivity index (χ3n) is 25.7. The normalized spacial score (nSPS) is 25.6. The van der Waals surface area contributed by atoms with Crippen LogP contribution in [0.5, 0.6) is 28.7 Å². The maximum atomic E-state index is 15.4. The van der Waals surface area contributed by atoms with E-state index in [1.165, 1.54) is 50.4 Å². The molecule has 0 aliphatic carbocycles. The van der Waals surface area contributed by atoms with Gasteiger partial charge in [0.1, 0.15) is 87.4 Å². The van der Waals surface area contributed by atoms with E-state index in [1.807, 2.05) is 0 Å². The van der Waals surface area contributed by atoms with Gasteiger partial charge in [-0.2, -0.15) is 13.2 Å². The first-order valence-electron chi connectivity index (χ1n) is 41.0. The summed E-state index contributed by atoms with van der Waals surface area (Å²) in [5.41, 5.74) is -4.41. The van der Waals surface area contributed by atoms with E-state index in [2.05, 4.69) is 15.9 Å². The van der Waals surface area contributed by atoms with Gasteiger partial charge in [-0.15, -0.1) is 0 Å². The Kier molecular flexibility index (Phi) is 29.4. The van der Waals surface area contributed by atoms with Crippen LogP contribution in [0.25, 0.3) is 0 Å². The van der Waals surface area contributed by atoms with Crippen LogP contribution in [0.3, 0.4) is 0 Å². The maximum absolute atomic E-state index is 15.4. The Bertz CT molecular complexity index is 6840. The van der Waals surface area contributed by atoms with Crippen molar-refractivity contribution < 1.29 is 167 Å². The highest BCUT2D eigenvalue weighted by Gasteiger charge is 2.68. The van der Waals surface area contributed by atoms with E-state index < -0.39 is 272 Å². The molecule has 0 saturated carbocycles. The fourth-order valence-electron chi connectivity index (χ4n) is 19.3. The second-order valence-corrected chi connectivity index (χ2v) is 52.7. The van der Waals surface area contributed by atoms with E-state index in [4.69, 9.17) is 42.6 Å². The zero-order valence-corrected chi connectivity index (χ0v) is 79.8. The zero-order chi connectivity index (χ0) is 98.2. The molecule has 8 aliphatic rings. The lowest BCUT2D eigenvalue weighted by molar-refractivity contribution is -0.143. The first-order valence-corrected chi connectivity index (χ1v) is 56.0. The molecule has 0 N–H and O–H groups in total. The van der Waals surface area contributed by atoms with Crippen molar-refractivity contribution in [1.29, 1.82) is 0 Å². The minimum absolute atomic E-state index is 0.000982. The molecule has 0 spiro atoms. The average Bonchev–Trinajstić information content (AvgIpc) is 0.696. The smallest absolute Gasteiger partial charge is 0.416 e. The van der Waals surface area contributed by atoms with Crippen molar-refractivity contribution in [3.63, 3.8) is 0 Å². The summed E-state index contributed by atoms with van der Waals surface area (Å²) in [5, 5.41) is 0. The van der Waals surface area contributed by atoms with E-state index in [0.717, 1.165) is 91.8 Å². The van der Waals surface area contributed by atoms with E-state index in [1.54, 1.807) is 12.1 Å². The van der Waals surface area contributed by atoms with Crippen LogP contribution in [0, 0.1) is 81.8 Å². The number of hydrogen-bond donors (Lipinski definition) is 0. The molecule has 8 heterocycles. The summed E-state index contributed by atoms with van der Waals surface area (Å²) >= 11 is 3.27. The van der Waals surface area contributed by atoms with Crippen LogP contribution in [0.15, 0.2) is 164 Å². The summed E-state index contributed by atoms with van der Waals surface area (Å²) in [6.07, 6.45) is -4.48. The molecule has 25 nitrogen and oxygen atoms in total. The van der Waals surface area contributed by atoms with Gasteiger partial charge < -0.3 is 42.6 Å². The monoisotopic (exact) mass is 2110 g/mol. The van der Waals surface area contributed by atoms with Crippen LogP contribution in [0.2, 0.25) is 0 Å². The highest BCUT2D eigenvalue weighted by atomic mass is 79.9. The SMILES string of the molecule is COc1ccc(S(=O)(=O)[C@@]23CCO[C@@H](CCS(C)(=O)=O)[C@@H]2COc2c(F)ccc(F)c23)cc1.CS(=O)(=O)CC[C@@H]1OCC[C@@]2(S(=O)(=O)c3ccc(Br)cc3)c3c(F)ccc(F)c3OC[C@@H]12.CS(=O)(=O)CC[C@@H]1OCC[C@@]2(S(=O)(=O)c3ccc(F)c(F)c3)c3c(F)ccc(F)c3OC[C@@H]12.C[C@@]1(CCS(C)(=O)=O)OCC[C@@]2(S(=O)(=O)c3ccc(C(F)(F)F)cc3)c3c(F)ccc(F)c3OC[C@@H]12. The molecule has 8 aromatic rings. The average molecular weight is 2120 g/mol. The standard InChI is InChI=1S/C23H23F5O6S2.C22H24F2O7S2.C21H21BrF2O6S2.C21H20F4O6S2/c1-21(10-12-35(2,29)30)18-13-33-20-17(25)8-7-16(24)19(20)22(18,9-11-34-21)36(31,32)15-5-3-14(4-6-15)23(26,27)28;1-29-14-3-5-15(6-4-14)33(27,28)22-10-11-30-19(9-12-32(2,25)26)16(22)13-31-21-18(24)8-7-17(23)20(21)22;1-31(25,26)11-8-18-15-12-30-20-17(24)7-6-16(23)19(20)21(15,9-10-29-18)32(27,28)14-4-2-13(22)3-5-14;1-32(26,27)9-6-18-13-11-31-20-16(24)5-4-15(23)19(20)21(13,7-8-30-18)33(28,29)12-2-3-14(22)17(25)10-12/h3-8,18H,9-13H2,1-2H3;3-8,16,19H,9-13H2,1-2H3;2-7,15,18H,8-12H2,1H3;2-5,10,13,18H,6-9,11H2,1H3/t18-,21-,22-;16-,19-,22-;15-,18-,21-;13-,18-,21-/m0000/s1. The fraction of sp³-hybridized carbons (Fsp3) is 0.448. The summed E-state index contributed by atoms with van der Waals surface area (Å²) in [5.74, 6) is -17.4. The molecular weight excluding hydrogens is 2030 g/mol. The lowest BCUT2D eigenvalue weighted by atomic mass is 9.69. The highest BCUT2D eigenvalue weighted by Crippen LogP contribution is 2.63. The van der Waals surface area contributed by atoms with E-state index in [0.29, 0.717) is 34.5 Å². The van der Waals surface area contributed by atoms with Gasteiger partial charge in [-0.25, -0.2) is 111 Å². The number of rotatable bonds is 21. The molecule has 732 valence electrons. The van der Waals surface area contributed by atoms with Crippen LogP contribution in [0.1, 0.15) is 86.1 Å². The van der Waals surface area contributed by atoms with Crippen molar-refractivity contribution >= 4 is 94.6 Å². The molecule has 47 heteroatoms. The van der Waals surface area contributed by atoms with Gasteiger partial charge in [0.25, 0.3) is 0 Å². The predicted octanol–water partition coefficient (Wildman–Crippen LogP) is 13.9. The van der Waals surface area contributed by atoms with Crippen molar-refractivity contribution in [2.24, 2.45) is 23.7 Å². The van der Waals surface area contributed by atoms with E-state index >= 15 is 17.6 Å². The van der Waals surface area contributed by atoms with Gasteiger partial charge in [-0.1, -0.05) is 15.9 Å². The van der Waals surface area contributed by atoms with Crippen LogP contribution in [-0.2, 0) is 123 Å². The Morgan fingerprint density at radius 1 is 0.358 bits per heavy atom. The number of hydrogen-bond acceptors (Lipinski definition) is 25. The number of halogens is 14. The van der Waals surface area contributed by atoms with Crippen molar-refractivity contribution in [2.75, 3.05) is 108 Å². The molecule has 8 aromatic carbocycles. The molecule has 0 unspecified atom stereocenters. The lowest BCUT2D eigenvalue weighted by Crippen LogP contribution is -2.62. The third-order valence-corrected chi connectivity index (χ3v) is 40.3. The molecule has 4 fully saturated rings. The van der Waals surface area contributed by atoms with Gasteiger partial charge in [0.2, 0.25) is 0 Å².